The number of amides is 1. The zero-order valence-electron chi connectivity index (χ0n) is 13.7. The fourth-order valence-electron chi connectivity index (χ4n) is 3.25. The summed E-state index contributed by atoms with van der Waals surface area (Å²) >= 11 is 0. The SMILES string of the molecule is O=C(CC1C=CS(=O)(=O)C1)N1CCCN(Cc2ccncc2)CC1. The van der Waals surface area contributed by atoms with Crippen LogP contribution in [0, 0.1) is 5.92 Å². The number of allylic oxidation sites excluding steroid dienone is 1. The van der Waals surface area contributed by atoms with Crippen LogP contribution in [0.2, 0.25) is 0 Å². The molecule has 1 atom stereocenters. The summed E-state index contributed by atoms with van der Waals surface area (Å²) < 4.78 is 22.9. The summed E-state index contributed by atoms with van der Waals surface area (Å²) in [5.41, 5.74) is 1.23. The van der Waals surface area contributed by atoms with E-state index in [0.29, 0.717) is 13.0 Å². The van der Waals surface area contributed by atoms with Crippen LogP contribution in [-0.4, -0.2) is 61.0 Å². The Bertz CT molecular complexity index is 703. The number of hydrogen-bond donors (Lipinski definition) is 0. The maximum Gasteiger partial charge on any atom is 0.223 e. The molecule has 2 aliphatic rings. The predicted molar refractivity (Wildman–Crippen MR) is 91.7 cm³/mol. The van der Waals surface area contributed by atoms with Crippen molar-refractivity contribution in [1.82, 2.24) is 14.8 Å². The molecule has 3 rings (SSSR count). The molecule has 1 saturated heterocycles. The van der Waals surface area contributed by atoms with E-state index in [-0.39, 0.29) is 17.6 Å². The van der Waals surface area contributed by atoms with E-state index in [0.717, 1.165) is 32.6 Å². The maximum absolute atomic E-state index is 12.5. The van der Waals surface area contributed by atoms with Crippen LogP contribution < -0.4 is 0 Å². The molecule has 1 aromatic heterocycles. The van der Waals surface area contributed by atoms with Gasteiger partial charge >= 0.3 is 0 Å². The number of carbonyl (C=O) groups is 1. The molecule has 3 heterocycles. The van der Waals surface area contributed by atoms with Crippen molar-refractivity contribution < 1.29 is 13.2 Å². The van der Waals surface area contributed by atoms with Gasteiger partial charge in [0.25, 0.3) is 0 Å². The Labute approximate surface area is 143 Å². The highest BCUT2D eigenvalue weighted by molar-refractivity contribution is 7.94. The molecule has 6 nitrogen and oxygen atoms in total. The first kappa shape index (κ1) is 17.1. The van der Waals surface area contributed by atoms with Crippen molar-refractivity contribution in [3.8, 4) is 0 Å². The van der Waals surface area contributed by atoms with E-state index in [2.05, 4.69) is 9.88 Å². The molecule has 0 spiro atoms. The van der Waals surface area contributed by atoms with Gasteiger partial charge < -0.3 is 4.90 Å². The van der Waals surface area contributed by atoms with Crippen molar-refractivity contribution in [2.24, 2.45) is 5.92 Å². The third kappa shape index (κ3) is 4.64. The van der Waals surface area contributed by atoms with Crippen LogP contribution in [0.4, 0.5) is 0 Å². The molecule has 24 heavy (non-hydrogen) atoms. The number of nitrogens with zero attached hydrogens (tertiary/aromatic N) is 3. The van der Waals surface area contributed by atoms with E-state index in [1.165, 1.54) is 11.0 Å². The molecule has 0 N–H and O–H groups in total. The van der Waals surface area contributed by atoms with E-state index in [1.807, 2.05) is 17.0 Å². The van der Waals surface area contributed by atoms with Crippen molar-refractivity contribution >= 4 is 15.7 Å². The molecule has 130 valence electrons. The second-order valence-electron chi connectivity index (χ2n) is 6.49. The Morgan fingerprint density at radius 3 is 2.67 bits per heavy atom. The Kier molecular flexibility index (Phi) is 5.30. The van der Waals surface area contributed by atoms with Gasteiger partial charge in [-0.25, -0.2) is 8.42 Å². The average Bonchev–Trinajstić information content (AvgIpc) is 2.75. The van der Waals surface area contributed by atoms with Crippen LogP contribution in [0.3, 0.4) is 0 Å². The summed E-state index contributed by atoms with van der Waals surface area (Å²) in [5.74, 6) is -0.0352. The second-order valence-corrected chi connectivity index (χ2v) is 8.42. The zero-order chi connectivity index (χ0) is 17.0. The standard InChI is InChI=1S/C17H23N3O3S/c21-17(12-16-4-11-24(22,23)14-16)20-8-1-7-19(9-10-20)13-15-2-5-18-6-3-15/h2-6,11,16H,1,7-10,12-14H2. The van der Waals surface area contributed by atoms with Gasteiger partial charge in [0, 0.05) is 62.9 Å². The summed E-state index contributed by atoms with van der Waals surface area (Å²) in [6, 6.07) is 4.03. The van der Waals surface area contributed by atoms with Crippen molar-refractivity contribution in [3.63, 3.8) is 0 Å². The van der Waals surface area contributed by atoms with Crippen molar-refractivity contribution in [2.45, 2.75) is 19.4 Å². The Balaban J connectivity index is 1.50. The molecule has 0 aliphatic carbocycles. The lowest BCUT2D eigenvalue weighted by Gasteiger charge is -2.23. The molecule has 1 amide bonds. The number of pyridine rings is 1. The summed E-state index contributed by atoms with van der Waals surface area (Å²) in [5, 5.41) is 1.24. The largest absolute Gasteiger partial charge is 0.341 e. The second kappa shape index (κ2) is 7.44. The Hall–Kier alpha value is -1.73. The summed E-state index contributed by atoms with van der Waals surface area (Å²) in [4.78, 5) is 20.7. The third-order valence-electron chi connectivity index (χ3n) is 4.54. The van der Waals surface area contributed by atoms with Crippen LogP contribution in [0.25, 0.3) is 0 Å². The summed E-state index contributed by atoms with van der Waals surface area (Å²) in [6.45, 7) is 4.12. The summed E-state index contributed by atoms with van der Waals surface area (Å²) in [7, 11) is -3.09. The minimum Gasteiger partial charge on any atom is -0.341 e. The molecular formula is C17H23N3O3S. The van der Waals surface area contributed by atoms with Gasteiger partial charge in [-0.05, 0) is 24.1 Å². The van der Waals surface area contributed by atoms with E-state index in [9.17, 15) is 13.2 Å². The van der Waals surface area contributed by atoms with Crippen LogP contribution >= 0.6 is 0 Å². The van der Waals surface area contributed by atoms with Crippen LogP contribution in [0.1, 0.15) is 18.4 Å². The number of rotatable bonds is 4. The monoisotopic (exact) mass is 349 g/mol. The van der Waals surface area contributed by atoms with Gasteiger partial charge in [0.15, 0.2) is 9.84 Å². The van der Waals surface area contributed by atoms with Crippen LogP contribution in [0.5, 0.6) is 0 Å². The van der Waals surface area contributed by atoms with E-state index in [1.54, 1.807) is 18.5 Å². The van der Waals surface area contributed by atoms with Gasteiger partial charge in [-0.15, -0.1) is 0 Å². The molecule has 1 fully saturated rings. The van der Waals surface area contributed by atoms with E-state index >= 15 is 0 Å². The van der Waals surface area contributed by atoms with Gasteiger partial charge in [0.05, 0.1) is 5.75 Å². The molecule has 0 bridgehead atoms. The molecular weight excluding hydrogens is 326 g/mol. The topological polar surface area (TPSA) is 70.6 Å². The molecule has 1 aromatic rings. The lowest BCUT2D eigenvalue weighted by atomic mass is 10.1. The smallest absolute Gasteiger partial charge is 0.223 e. The number of aromatic nitrogens is 1. The van der Waals surface area contributed by atoms with Gasteiger partial charge in [-0.3, -0.25) is 14.7 Å². The number of carbonyl (C=O) groups excluding carboxylic acids is 1. The summed E-state index contributed by atoms with van der Waals surface area (Å²) in [6.07, 6.45) is 6.48. The molecule has 7 heteroatoms. The molecule has 0 aromatic carbocycles. The highest BCUT2D eigenvalue weighted by Crippen LogP contribution is 2.20. The first-order valence-electron chi connectivity index (χ1n) is 8.32. The normalized spacial score (nSPS) is 24.0. The first-order chi connectivity index (χ1) is 11.5. The van der Waals surface area contributed by atoms with E-state index < -0.39 is 9.84 Å². The molecule has 0 saturated carbocycles. The highest BCUT2D eigenvalue weighted by atomic mass is 32.2. The Morgan fingerprint density at radius 2 is 1.96 bits per heavy atom. The molecule has 0 radical (unpaired) electrons. The Morgan fingerprint density at radius 1 is 1.17 bits per heavy atom. The fraction of sp³-hybridized carbons (Fsp3) is 0.529. The van der Waals surface area contributed by atoms with E-state index in [4.69, 9.17) is 0 Å². The molecule has 1 unspecified atom stereocenters. The minimum atomic E-state index is -3.09. The highest BCUT2D eigenvalue weighted by Gasteiger charge is 2.26. The minimum absolute atomic E-state index is 0.0625. The number of sulfone groups is 1. The fourth-order valence-corrected chi connectivity index (χ4v) is 4.64. The van der Waals surface area contributed by atoms with Gasteiger partial charge in [0.1, 0.15) is 0 Å². The average molecular weight is 349 g/mol. The van der Waals surface area contributed by atoms with Crippen LogP contribution in [-0.2, 0) is 21.2 Å². The molecule has 2 aliphatic heterocycles. The van der Waals surface area contributed by atoms with Crippen LogP contribution in [0.15, 0.2) is 36.0 Å². The lowest BCUT2D eigenvalue weighted by molar-refractivity contribution is -0.131. The van der Waals surface area contributed by atoms with Gasteiger partial charge in [-0.1, -0.05) is 6.08 Å². The number of hydrogen-bond acceptors (Lipinski definition) is 5. The lowest BCUT2D eigenvalue weighted by Crippen LogP contribution is -2.36. The quantitative estimate of drug-likeness (QED) is 0.813. The predicted octanol–water partition coefficient (Wildman–Crippen LogP) is 1.06. The van der Waals surface area contributed by atoms with Gasteiger partial charge in [0.2, 0.25) is 5.91 Å². The maximum atomic E-state index is 12.5. The van der Waals surface area contributed by atoms with Crippen molar-refractivity contribution in [1.29, 1.82) is 0 Å². The first-order valence-corrected chi connectivity index (χ1v) is 10.0. The zero-order valence-corrected chi connectivity index (χ0v) is 14.5. The third-order valence-corrected chi connectivity index (χ3v) is 6.00. The van der Waals surface area contributed by atoms with Crippen molar-refractivity contribution in [2.75, 3.05) is 31.9 Å². The van der Waals surface area contributed by atoms with Gasteiger partial charge in [-0.2, -0.15) is 0 Å². The van der Waals surface area contributed by atoms with Crippen molar-refractivity contribution in [3.05, 3.63) is 41.6 Å².